The molecule has 0 unspecified atom stereocenters. The predicted octanol–water partition coefficient (Wildman–Crippen LogP) is 0.396. The number of hydrogen-bond acceptors (Lipinski definition) is 5. The second-order valence-electron chi connectivity index (χ2n) is 3.81. The van der Waals surface area contributed by atoms with Gasteiger partial charge in [0.15, 0.2) is 0 Å². The van der Waals surface area contributed by atoms with Crippen LogP contribution in [0.15, 0.2) is 18.6 Å². The van der Waals surface area contributed by atoms with E-state index >= 15 is 0 Å². The number of nitrogens with zero attached hydrogens (tertiary/aromatic N) is 2. The number of hydrogen-bond donors (Lipinski definition) is 2. The monoisotopic (exact) mass is 208 g/mol. The Labute approximate surface area is 89.1 Å². The molecule has 2 rings (SSSR count). The molecule has 1 fully saturated rings. The molecule has 2 heterocycles. The summed E-state index contributed by atoms with van der Waals surface area (Å²) in [7, 11) is 0. The van der Waals surface area contributed by atoms with Crippen LogP contribution in [0.1, 0.15) is 12.8 Å². The molecule has 0 spiro atoms. The molecule has 5 nitrogen and oxygen atoms in total. The third-order valence-corrected chi connectivity index (χ3v) is 2.80. The van der Waals surface area contributed by atoms with E-state index in [0.717, 1.165) is 31.9 Å². The van der Waals surface area contributed by atoms with Crippen molar-refractivity contribution in [3.05, 3.63) is 18.6 Å². The number of nitrogens with two attached hydrogens (primary N) is 1. The van der Waals surface area contributed by atoms with Crippen molar-refractivity contribution in [2.45, 2.75) is 18.4 Å². The van der Waals surface area contributed by atoms with E-state index in [1.165, 1.54) is 0 Å². The Morgan fingerprint density at radius 3 is 2.80 bits per heavy atom. The van der Waals surface area contributed by atoms with Crippen LogP contribution in [0.2, 0.25) is 0 Å². The zero-order chi connectivity index (χ0) is 10.6. The SMILES string of the molecule is NCC1(Nc2cnccn2)CCOCC1. The van der Waals surface area contributed by atoms with Crippen LogP contribution in [0.3, 0.4) is 0 Å². The minimum absolute atomic E-state index is 0.0751. The minimum Gasteiger partial charge on any atom is -0.381 e. The van der Waals surface area contributed by atoms with Gasteiger partial charge in [-0.05, 0) is 12.8 Å². The van der Waals surface area contributed by atoms with Crippen molar-refractivity contribution < 1.29 is 4.74 Å². The van der Waals surface area contributed by atoms with Gasteiger partial charge in [0.05, 0.1) is 11.7 Å². The summed E-state index contributed by atoms with van der Waals surface area (Å²) >= 11 is 0. The lowest BCUT2D eigenvalue weighted by Crippen LogP contribution is -2.49. The molecule has 1 aliphatic heterocycles. The number of aromatic nitrogens is 2. The fourth-order valence-corrected chi connectivity index (χ4v) is 1.78. The Morgan fingerprint density at radius 2 is 2.20 bits per heavy atom. The largest absolute Gasteiger partial charge is 0.381 e. The van der Waals surface area contributed by atoms with E-state index in [4.69, 9.17) is 10.5 Å². The van der Waals surface area contributed by atoms with Gasteiger partial charge in [0, 0.05) is 32.2 Å². The molecular weight excluding hydrogens is 192 g/mol. The summed E-state index contributed by atoms with van der Waals surface area (Å²) in [5, 5.41) is 3.37. The maximum Gasteiger partial charge on any atom is 0.144 e. The lowest BCUT2D eigenvalue weighted by molar-refractivity contribution is 0.0627. The van der Waals surface area contributed by atoms with Gasteiger partial charge in [0.1, 0.15) is 5.82 Å². The molecule has 1 saturated heterocycles. The second kappa shape index (κ2) is 4.55. The highest BCUT2D eigenvalue weighted by molar-refractivity contribution is 5.35. The summed E-state index contributed by atoms with van der Waals surface area (Å²) in [6.07, 6.45) is 6.88. The summed E-state index contributed by atoms with van der Waals surface area (Å²) in [4.78, 5) is 8.21. The molecule has 15 heavy (non-hydrogen) atoms. The van der Waals surface area contributed by atoms with Gasteiger partial charge in [-0.15, -0.1) is 0 Å². The first-order valence-electron chi connectivity index (χ1n) is 5.17. The summed E-state index contributed by atoms with van der Waals surface area (Å²) in [6, 6.07) is 0. The molecule has 5 heteroatoms. The lowest BCUT2D eigenvalue weighted by Gasteiger charge is -2.37. The predicted molar refractivity (Wildman–Crippen MR) is 57.5 cm³/mol. The van der Waals surface area contributed by atoms with Crippen LogP contribution in [0.25, 0.3) is 0 Å². The zero-order valence-electron chi connectivity index (χ0n) is 8.65. The smallest absolute Gasteiger partial charge is 0.144 e. The highest BCUT2D eigenvalue weighted by Crippen LogP contribution is 2.23. The molecule has 1 aromatic heterocycles. The Bertz CT molecular complexity index is 298. The van der Waals surface area contributed by atoms with Gasteiger partial charge in [0.2, 0.25) is 0 Å². The summed E-state index contributed by atoms with van der Waals surface area (Å²) in [5.41, 5.74) is 5.74. The molecule has 0 radical (unpaired) electrons. The van der Waals surface area contributed by atoms with Crippen molar-refractivity contribution in [3.8, 4) is 0 Å². The van der Waals surface area contributed by atoms with Gasteiger partial charge >= 0.3 is 0 Å². The van der Waals surface area contributed by atoms with Crippen LogP contribution in [0, 0.1) is 0 Å². The van der Waals surface area contributed by atoms with Crippen molar-refractivity contribution in [2.24, 2.45) is 5.73 Å². The third-order valence-electron chi connectivity index (χ3n) is 2.80. The number of rotatable bonds is 3. The molecule has 1 aliphatic rings. The highest BCUT2D eigenvalue weighted by Gasteiger charge is 2.31. The summed E-state index contributed by atoms with van der Waals surface area (Å²) in [5.74, 6) is 0.782. The Hall–Kier alpha value is -1.20. The minimum atomic E-state index is -0.0751. The number of ether oxygens (including phenoxy) is 1. The molecule has 0 saturated carbocycles. The van der Waals surface area contributed by atoms with Crippen molar-refractivity contribution in [2.75, 3.05) is 25.1 Å². The Kier molecular flexibility index (Phi) is 3.13. The molecule has 0 aliphatic carbocycles. The molecule has 0 aromatic carbocycles. The first-order valence-corrected chi connectivity index (χ1v) is 5.17. The standard InChI is InChI=1S/C10H16N4O/c11-8-10(1-5-15-6-2-10)14-9-7-12-3-4-13-9/h3-4,7H,1-2,5-6,8,11H2,(H,13,14). The maximum absolute atomic E-state index is 5.82. The molecule has 0 bridgehead atoms. The first kappa shape index (κ1) is 10.3. The van der Waals surface area contributed by atoms with Crippen LogP contribution in [0.4, 0.5) is 5.82 Å². The number of anilines is 1. The number of nitrogens with one attached hydrogen (secondary N) is 1. The van der Waals surface area contributed by atoms with Crippen molar-refractivity contribution in [3.63, 3.8) is 0 Å². The van der Waals surface area contributed by atoms with Crippen molar-refractivity contribution >= 4 is 5.82 Å². The van der Waals surface area contributed by atoms with E-state index in [1.54, 1.807) is 18.6 Å². The second-order valence-corrected chi connectivity index (χ2v) is 3.81. The van der Waals surface area contributed by atoms with E-state index < -0.39 is 0 Å². The highest BCUT2D eigenvalue weighted by atomic mass is 16.5. The average molecular weight is 208 g/mol. The van der Waals surface area contributed by atoms with Crippen LogP contribution < -0.4 is 11.1 Å². The molecule has 0 amide bonds. The zero-order valence-corrected chi connectivity index (χ0v) is 8.65. The molecule has 1 aromatic rings. The Balaban J connectivity index is 2.07. The molecule has 0 atom stereocenters. The van der Waals surface area contributed by atoms with E-state index in [-0.39, 0.29) is 5.54 Å². The van der Waals surface area contributed by atoms with Crippen LogP contribution >= 0.6 is 0 Å². The van der Waals surface area contributed by atoms with Crippen molar-refractivity contribution in [1.29, 1.82) is 0 Å². The third kappa shape index (κ3) is 2.43. The van der Waals surface area contributed by atoms with Crippen LogP contribution in [0.5, 0.6) is 0 Å². The molecule has 82 valence electrons. The van der Waals surface area contributed by atoms with Gasteiger partial charge in [-0.25, -0.2) is 4.98 Å². The van der Waals surface area contributed by atoms with Crippen LogP contribution in [-0.2, 0) is 4.74 Å². The van der Waals surface area contributed by atoms with Gasteiger partial charge in [-0.2, -0.15) is 0 Å². The summed E-state index contributed by atoms with van der Waals surface area (Å²) < 4.78 is 5.33. The Morgan fingerprint density at radius 1 is 1.40 bits per heavy atom. The van der Waals surface area contributed by atoms with Gasteiger partial charge in [0.25, 0.3) is 0 Å². The van der Waals surface area contributed by atoms with Crippen molar-refractivity contribution in [1.82, 2.24) is 9.97 Å². The molecule has 3 N–H and O–H groups in total. The van der Waals surface area contributed by atoms with E-state index in [2.05, 4.69) is 15.3 Å². The van der Waals surface area contributed by atoms with Gasteiger partial charge < -0.3 is 15.8 Å². The fraction of sp³-hybridized carbons (Fsp3) is 0.600. The first-order chi connectivity index (χ1) is 7.35. The molecular formula is C10H16N4O. The normalized spacial score (nSPS) is 19.8. The van der Waals surface area contributed by atoms with E-state index in [0.29, 0.717) is 6.54 Å². The quantitative estimate of drug-likeness (QED) is 0.752. The topological polar surface area (TPSA) is 73.1 Å². The van der Waals surface area contributed by atoms with Gasteiger partial charge in [-0.1, -0.05) is 0 Å². The van der Waals surface area contributed by atoms with Crippen LogP contribution in [-0.4, -0.2) is 35.3 Å². The van der Waals surface area contributed by atoms with Gasteiger partial charge in [-0.3, -0.25) is 4.98 Å². The average Bonchev–Trinajstić information content (AvgIpc) is 2.32. The van der Waals surface area contributed by atoms with E-state index in [1.807, 2.05) is 0 Å². The van der Waals surface area contributed by atoms with E-state index in [9.17, 15) is 0 Å². The fourth-order valence-electron chi connectivity index (χ4n) is 1.78. The maximum atomic E-state index is 5.82. The summed E-state index contributed by atoms with van der Waals surface area (Å²) in [6.45, 7) is 2.10. The lowest BCUT2D eigenvalue weighted by atomic mass is 9.90.